The molecule has 0 saturated carbocycles. The van der Waals surface area contributed by atoms with Crippen LogP contribution in [0.25, 0.3) is 27.8 Å². The number of aromatic nitrogens is 3. The molecule has 0 aliphatic rings. The summed E-state index contributed by atoms with van der Waals surface area (Å²) in [5, 5.41) is 4.09. The van der Waals surface area contributed by atoms with Gasteiger partial charge in [0, 0.05) is 17.8 Å². The Hall–Kier alpha value is -3.62. The molecule has 0 spiro atoms. The summed E-state index contributed by atoms with van der Waals surface area (Å²) in [5.41, 5.74) is -1.93. The molecule has 4 aromatic rings. The maximum absolute atomic E-state index is 14.3. The van der Waals surface area contributed by atoms with E-state index in [-0.39, 0.29) is 27.8 Å². The number of nitrogens with zero attached hydrogens (tertiary/aromatic N) is 3. The van der Waals surface area contributed by atoms with Crippen LogP contribution in [0.5, 0.6) is 0 Å². The molecule has 0 N–H and O–H groups in total. The second-order valence-electron chi connectivity index (χ2n) is 6.14. The highest BCUT2D eigenvalue weighted by atomic mass is 19.4. The van der Waals surface area contributed by atoms with Crippen molar-refractivity contribution in [3.05, 3.63) is 88.3 Å². The summed E-state index contributed by atoms with van der Waals surface area (Å²) < 4.78 is 67.6. The average molecular weight is 403 g/mol. The van der Waals surface area contributed by atoms with Gasteiger partial charge >= 0.3 is 6.18 Å². The molecule has 0 saturated heterocycles. The van der Waals surface area contributed by atoms with Gasteiger partial charge in [0.15, 0.2) is 5.82 Å². The Labute approximate surface area is 159 Å². The molecule has 0 unspecified atom stereocenters. The summed E-state index contributed by atoms with van der Waals surface area (Å²) in [4.78, 5) is 16.9. The predicted octanol–water partition coefficient (Wildman–Crippen LogP) is 4.74. The first-order valence-electron chi connectivity index (χ1n) is 8.27. The van der Waals surface area contributed by atoms with Gasteiger partial charge in [-0.2, -0.15) is 23.0 Å². The lowest BCUT2D eigenvalue weighted by Gasteiger charge is -2.13. The molecule has 29 heavy (non-hydrogen) atoms. The van der Waals surface area contributed by atoms with Gasteiger partial charge in [0.05, 0.1) is 10.9 Å². The minimum Gasteiger partial charge on any atom is -0.267 e. The zero-order valence-corrected chi connectivity index (χ0v) is 14.4. The molecule has 9 heteroatoms. The van der Waals surface area contributed by atoms with Crippen LogP contribution < -0.4 is 5.56 Å². The Morgan fingerprint density at radius 1 is 0.931 bits per heavy atom. The van der Waals surface area contributed by atoms with Gasteiger partial charge in [-0.05, 0) is 36.4 Å². The van der Waals surface area contributed by atoms with Crippen LogP contribution in [0.15, 0.2) is 65.6 Å². The van der Waals surface area contributed by atoms with Crippen LogP contribution in [-0.2, 0) is 6.18 Å². The van der Waals surface area contributed by atoms with Crippen molar-refractivity contribution in [1.29, 1.82) is 0 Å². The van der Waals surface area contributed by atoms with Crippen molar-refractivity contribution < 1.29 is 22.0 Å². The molecule has 0 amide bonds. The van der Waals surface area contributed by atoms with E-state index in [2.05, 4.69) is 10.1 Å². The van der Waals surface area contributed by atoms with Crippen molar-refractivity contribution in [3.63, 3.8) is 0 Å². The van der Waals surface area contributed by atoms with E-state index >= 15 is 0 Å². The molecule has 2 heterocycles. The van der Waals surface area contributed by atoms with Gasteiger partial charge in [-0.3, -0.25) is 9.78 Å². The number of benzene rings is 2. The Kier molecular flexibility index (Phi) is 4.37. The van der Waals surface area contributed by atoms with Gasteiger partial charge in [0.2, 0.25) is 0 Å². The largest absolute Gasteiger partial charge is 0.416 e. The maximum atomic E-state index is 14.3. The number of pyridine rings is 1. The van der Waals surface area contributed by atoms with E-state index < -0.39 is 28.9 Å². The third-order valence-corrected chi connectivity index (χ3v) is 4.26. The van der Waals surface area contributed by atoms with Crippen molar-refractivity contribution >= 4 is 10.9 Å². The first-order valence-corrected chi connectivity index (χ1v) is 8.27. The molecule has 0 radical (unpaired) electrons. The standard InChI is InChI=1S/C20H10F5N3O/c21-13-6-7-16(15(22)10-13)28-19(29)14-5-2-8-26-18(14)17(27-28)11-3-1-4-12(9-11)20(23,24)25/h1-10H. The van der Waals surface area contributed by atoms with Crippen molar-refractivity contribution in [2.75, 3.05) is 0 Å². The molecular formula is C20H10F5N3O. The average Bonchev–Trinajstić information content (AvgIpc) is 2.69. The fourth-order valence-corrected chi connectivity index (χ4v) is 2.93. The van der Waals surface area contributed by atoms with Gasteiger partial charge in [-0.15, -0.1) is 0 Å². The highest BCUT2D eigenvalue weighted by Crippen LogP contribution is 2.33. The summed E-state index contributed by atoms with van der Waals surface area (Å²) >= 11 is 0. The molecule has 146 valence electrons. The Bertz CT molecular complexity index is 1300. The quantitative estimate of drug-likeness (QED) is 0.454. The molecule has 4 nitrogen and oxygen atoms in total. The summed E-state index contributed by atoms with van der Waals surface area (Å²) in [6, 6.07) is 9.76. The van der Waals surface area contributed by atoms with Crippen LogP contribution in [0.2, 0.25) is 0 Å². The van der Waals surface area contributed by atoms with Gasteiger partial charge in [0.1, 0.15) is 22.7 Å². The van der Waals surface area contributed by atoms with Crippen molar-refractivity contribution in [1.82, 2.24) is 14.8 Å². The number of alkyl halides is 3. The molecular weight excluding hydrogens is 393 g/mol. The highest BCUT2D eigenvalue weighted by Gasteiger charge is 2.31. The molecule has 0 fully saturated rings. The van der Waals surface area contributed by atoms with Crippen LogP contribution in [0, 0.1) is 11.6 Å². The first kappa shape index (κ1) is 18.7. The van der Waals surface area contributed by atoms with Crippen LogP contribution in [-0.4, -0.2) is 14.8 Å². The zero-order valence-electron chi connectivity index (χ0n) is 14.4. The van der Waals surface area contributed by atoms with E-state index in [1.54, 1.807) is 0 Å². The van der Waals surface area contributed by atoms with Crippen LogP contribution in [0.3, 0.4) is 0 Å². The Balaban J connectivity index is 2.05. The van der Waals surface area contributed by atoms with Crippen LogP contribution in [0.4, 0.5) is 22.0 Å². The smallest absolute Gasteiger partial charge is 0.267 e. The number of hydrogen-bond donors (Lipinski definition) is 0. The van der Waals surface area contributed by atoms with Crippen molar-refractivity contribution in [2.24, 2.45) is 0 Å². The molecule has 4 rings (SSSR count). The fourth-order valence-electron chi connectivity index (χ4n) is 2.93. The summed E-state index contributed by atoms with van der Waals surface area (Å²) in [6.07, 6.45) is -3.22. The SMILES string of the molecule is O=c1c2cccnc2c(-c2cccc(C(F)(F)F)c2)nn1-c1ccc(F)cc1F. The Morgan fingerprint density at radius 3 is 2.45 bits per heavy atom. The lowest BCUT2D eigenvalue weighted by atomic mass is 10.1. The number of halogens is 5. The van der Waals surface area contributed by atoms with Crippen molar-refractivity contribution in [3.8, 4) is 16.9 Å². The van der Waals surface area contributed by atoms with Gasteiger partial charge < -0.3 is 0 Å². The van der Waals surface area contributed by atoms with Crippen LogP contribution in [0.1, 0.15) is 5.56 Å². The summed E-state index contributed by atoms with van der Waals surface area (Å²) in [6.45, 7) is 0. The number of fused-ring (bicyclic) bond motifs is 1. The number of hydrogen-bond acceptors (Lipinski definition) is 3. The molecule has 0 aliphatic carbocycles. The number of rotatable bonds is 2. The first-order chi connectivity index (χ1) is 13.8. The monoisotopic (exact) mass is 403 g/mol. The van der Waals surface area contributed by atoms with Gasteiger partial charge in [-0.1, -0.05) is 12.1 Å². The van der Waals surface area contributed by atoms with Crippen molar-refractivity contribution in [2.45, 2.75) is 6.18 Å². The van der Waals surface area contributed by atoms with E-state index in [4.69, 9.17) is 0 Å². The minimum absolute atomic E-state index is 0.0265. The van der Waals surface area contributed by atoms with Gasteiger partial charge in [-0.25, -0.2) is 8.78 Å². The topological polar surface area (TPSA) is 47.8 Å². The molecule has 0 bridgehead atoms. The van der Waals surface area contributed by atoms with E-state index in [1.807, 2.05) is 0 Å². The van der Waals surface area contributed by atoms with E-state index in [1.165, 1.54) is 30.5 Å². The van der Waals surface area contributed by atoms with Gasteiger partial charge in [0.25, 0.3) is 5.56 Å². The minimum atomic E-state index is -4.59. The second kappa shape index (κ2) is 6.77. The van der Waals surface area contributed by atoms with E-state index in [0.29, 0.717) is 10.7 Å². The second-order valence-corrected chi connectivity index (χ2v) is 6.14. The Morgan fingerprint density at radius 2 is 1.72 bits per heavy atom. The third-order valence-electron chi connectivity index (χ3n) is 4.26. The maximum Gasteiger partial charge on any atom is 0.416 e. The molecule has 0 atom stereocenters. The predicted molar refractivity (Wildman–Crippen MR) is 95.5 cm³/mol. The summed E-state index contributed by atoms with van der Waals surface area (Å²) in [5.74, 6) is -1.89. The molecule has 2 aromatic carbocycles. The fraction of sp³-hybridized carbons (Fsp3) is 0.0500. The lowest BCUT2D eigenvalue weighted by molar-refractivity contribution is -0.137. The third kappa shape index (κ3) is 3.35. The lowest BCUT2D eigenvalue weighted by Crippen LogP contribution is -2.23. The van der Waals surface area contributed by atoms with E-state index in [0.717, 1.165) is 24.3 Å². The molecule has 2 aromatic heterocycles. The highest BCUT2D eigenvalue weighted by molar-refractivity contribution is 5.90. The normalized spacial score (nSPS) is 11.8. The zero-order chi connectivity index (χ0) is 20.8. The summed E-state index contributed by atoms with van der Waals surface area (Å²) in [7, 11) is 0. The van der Waals surface area contributed by atoms with Crippen LogP contribution >= 0.6 is 0 Å². The molecule has 0 aliphatic heterocycles. The van der Waals surface area contributed by atoms with E-state index in [9.17, 15) is 26.7 Å².